The van der Waals surface area contributed by atoms with Crippen LogP contribution in [0.15, 0.2) is 158 Å². The first-order valence-corrected chi connectivity index (χ1v) is 17.3. The highest BCUT2D eigenvalue weighted by atomic mass is 32.1. The normalized spacial score (nSPS) is 12.1. The maximum Gasteiger partial charge on any atom is 0.235 e. The first-order chi connectivity index (χ1) is 24.3. The van der Waals surface area contributed by atoms with Crippen LogP contribution in [-0.2, 0) is 0 Å². The van der Waals surface area contributed by atoms with Gasteiger partial charge in [-0.05, 0) is 54.6 Å². The van der Waals surface area contributed by atoms with Crippen molar-refractivity contribution < 1.29 is 0 Å². The van der Waals surface area contributed by atoms with E-state index in [0.29, 0.717) is 5.95 Å². The van der Waals surface area contributed by atoms with Crippen LogP contribution in [0, 0.1) is 0 Å². The standard InChI is InChI=1S/C44H26N4S/c1-3-13-27(14-4-1)43-31-19-7-10-20-36(31)45-44(46-43)48-38-24-35-30-18-9-12-22-41(30)49-42(35)25-34(38)33-23-32-29-17-8-11-21-37(29)47(39(32)26-40(33)48)28-15-5-2-6-16-28/h1-26H. The Balaban J connectivity index is 1.33. The van der Waals surface area contributed by atoms with Crippen LogP contribution in [0.25, 0.3) is 97.6 Å². The lowest BCUT2D eigenvalue weighted by molar-refractivity contribution is 1.01. The van der Waals surface area contributed by atoms with Crippen LogP contribution in [-0.4, -0.2) is 19.1 Å². The minimum atomic E-state index is 0.665. The van der Waals surface area contributed by atoms with Crippen LogP contribution in [0.1, 0.15) is 0 Å². The number of nitrogens with zero attached hydrogens (tertiary/aromatic N) is 4. The lowest BCUT2D eigenvalue weighted by Gasteiger charge is -2.12. The second-order valence-electron chi connectivity index (χ2n) is 12.6. The van der Waals surface area contributed by atoms with Gasteiger partial charge in [-0.2, -0.15) is 0 Å². The van der Waals surface area contributed by atoms with Crippen LogP contribution in [0.4, 0.5) is 0 Å². The van der Waals surface area contributed by atoms with Gasteiger partial charge < -0.3 is 4.57 Å². The van der Waals surface area contributed by atoms with Crippen molar-refractivity contribution in [3.05, 3.63) is 158 Å². The summed E-state index contributed by atoms with van der Waals surface area (Å²) in [6.45, 7) is 0. The number of hydrogen-bond acceptors (Lipinski definition) is 3. The SMILES string of the molecule is c1ccc(-c2nc(-n3c4cc5c(cc4c4cc6c7ccccc7n(-c7ccccc7)c6cc43)sc3ccccc35)nc3ccccc23)cc1. The third-order valence-electron chi connectivity index (χ3n) is 9.91. The summed E-state index contributed by atoms with van der Waals surface area (Å²) in [5, 5.41) is 8.42. The highest BCUT2D eigenvalue weighted by Gasteiger charge is 2.22. The maximum absolute atomic E-state index is 5.39. The topological polar surface area (TPSA) is 35.6 Å². The van der Waals surface area contributed by atoms with Crippen LogP contribution in [0.5, 0.6) is 0 Å². The van der Waals surface area contributed by atoms with E-state index in [1.807, 2.05) is 17.4 Å². The molecule has 0 saturated heterocycles. The Morgan fingerprint density at radius 3 is 1.88 bits per heavy atom. The molecule has 4 aromatic heterocycles. The van der Waals surface area contributed by atoms with Gasteiger partial charge in [-0.25, -0.2) is 9.97 Å². The Labute approximate surface area is 284 Å². The second kappa shape index (κ2) is 10.1. The highest BCUT2D eigenvalue weighted by Crippen LogP contribution is 2.43. The molecule has 4 heterocycles. The second-order valence-corrected chi connectivity index (χ2v) is 13.7. The average Bonchev–Trinajstić information content (AvgIpc) is 3.80. The van der Waals surface area contributed by atoms with E-state index in [4.69, 9.17) is 9.97 Å². The third kappa shape index (κ3) is 3.85. The van der Waals surface area contributed by atoms with Crippen molar-refractivity contribution in [3.63, 3.8) is 0 Å². The molecule has 7 aromatic carbocycles. The smallest absolute Gasteiger partial charge is 0.235 e. The van der Waals surface area contributed by atoms with Gasteiger partial charge >= 0.3 is 0 Å². The number of fused-ring (bicyclic) bond motifs is 10. The summed E-state index contributed by atoms with van der Waals surface area (Å²) >= 11 is 1.85. The molecule has 228 valence electrons. The fraction of sp³-hybridized carbons (Fsp3) is 0. The molecule has 0 fully saturated rings. The molecule has 0 atom stereocenters. The van der Waals surface area contributed by atoms with Crippen molar-refractivity contribution in [1.82, 2.24) is 19.1 Å². The monoisotopic (exact) mass is 642 g/mol. The molecule has 0 bridgehead atoms. The number of rotatable bonds is 3. The van der Waals surface area contributed by atoms with E-state index >= 15 is 0 Å². The van der Waals surface area contributed by atoms with Crippen LogP contribution in [0.2, 0.25) is 0 Å². The van der Waals surface area contributed by atoms with Crippen LogP contribution < -0.4 is 0 Å². The average molecular weight is 643 g/mol. The van der Waals surface area contributed by atoms with E-state index < -0.39 is 0 Å². The highest BCUT2D eigenvalue weighted by molar-refractivity contribution is 7.25. The Morgan fingerprint density at radius 1 is 0.388 bits per heavy atom. The van der Waals surface area contributed by atoms with Crippen molar-refractivity contribution in [2.45, 2.75) is 0 Å². The molecule has 0 N–H and O–H groups in total. The van der Waals surface area contributed by atoms with Gasteiger partial charge in [0.25, 0.3) is 0 Å². The van der Waals surface area contributed by atoms with Gasteiger partial charge in [0.1, 0.15) is 0 Å². The van der Waals surface area contributed by atoms with Crippen LogP contribution >= 0.6 is 11.3 Å². The molecule has 0 aliphatic heterocycles. The van der Waals surface area contributed by atoms with Gasteiger partial charge in [-0.15, -0.1) is 11.3 Å². The quantitative estimate of drug-likeness (QED) is 0.192. The number of benzene rings is 7. The number of para-hydroxylation sites is 3. The molecule has 0 aliphatic rings. The van der Waals surface area contributed by atoms with Gasteiger partial charge in [0.15, 0.2) is 0 Å². The minimum Gasteiger partial charge on any atom is -0.309 e. The summed E-state index contributed by atoms with van der Waals surface area (Å²) in [5.41, 5.74) is 8.58. The molecule has 0 spiro atoms. The number of hydrogen-bond donors (Lipinski definition) is 0. The van der Waals surface area contributed by atoms with E-state index in [9.17, 15) is 0 Å². The third-order valence-corrected chi connectivity index (χ3v) is 11.0. The molecule has 0 saturated carbocycles. The van der Waals surface area contributed by atoms with Crippen molar-refractivity contribution >= 4 is 86.0 Å². The summed E-state index contributed by atoms with van der Waals surface area (Å²) in [6.07, 6.45) is 0. The molecule has 0 radical (unpaired) electrons. The van der Waals surface area contributed by atoms with Crippen molar-refractivity contribution in [3.8, 4) is 22.9 Å². The van der Waals surface area contributed by atoms with E-state index in [1.165, 1.54) is 47.2 Å². The predicted molar refractivity (Wildman–Crippen MR) is 207 cm³/mol. The maximum atomic E-state index is 5.39. The molecule has 11 aromatic rings. The number of thiophene rings is 1. The van der Waals surface area contributed by atoms with Crippen molar-refractivity contribution in [1.29, 1.82) is 0 Å². The zero-order valence-corrected chi connectivity index (χ0v) is 27.0. The summed E-state index contributed by atoms with van der Waals surface area (Å²) in [7, 11) is 0. The molecule has 11 rings (SSSR count). The first-order valence-electron chi connectivity index (χ1n) is 16.5. The minimum absolute atomic E-state index is 0.665. The summed E-state index contributed by atoms with van der Waals surface area (Å²) in [5.74, 6) is 0.665. The van der Waals surface area contributed by atoms with Crippen LogP contribution in [0.3, 0.4) is 0 Å². The van der Waals surface area contributed by atoms with Gasteiger partial charge in [0.05, 0.1) is 33.3 Å². The molecule has 4 nitrogen and oxygen atoms in total. The van der Waals surface area contributed by atoms with E-state index in [-0.39, 0.29) is 0 Å². The Morgan fingerprint density at radius 2 is 1.02 bits per heavy atom. The largest absolute Gasteiger partial charge is 0.309 e. The van der Waals surface area contributed by atoms with E-state index in [1.54, 1.807) is 0 Å². The lowest BCUT2D eigenvalue weighted by Crippen LogP contribution is -2.03. The van der Waals surface area contributed by atoms with Gasteiger partial charge in [0, 0.05) is 58.4 Å². The zero-order valence-electron chi connectivity index (χ0n) is 26.2. The van der Waals surface area contributed by atoms with Crippen molar-refractivity contribution in [2.75, 3.05) is 0 Å². The van der Waals surface area contributed by atoms with E-state index in [0.717, 1.165) is 44.4 Å². The molecular weight excluding hydrogens is 617 g/mol. The lowest BCUT2D eigenvalue weighted by atomic mass is 10.1. The number of aromatic nitrogens is 4. The summed E-state index contributed by atoms with van der Waals surface area (Å²) < 4.78 is 7.25. The molecule has 0 amide bonds. The Hall–Kier alpha value is -6.30. The van der Waals surface area contributed by atoms with Gasteiger partial charge in [0.2, 0.25) is 5.95 Å². The molecular formula is C44H26N4S. The zero-order chi connectivity index (χ0) is 32.1. The van der Waals surface area contributed by atoms with E-state index in [2.05, 4.69) is 161 Å². The summed E-state index contributed by atoms with van der Waals surface area (Å²) in [4.78, 5) is 10.7. The van der Waals surface area contributed by atoms with Gasteiger partial charge in [-0.1, -0.05) is 103 Å². The molecule has 0 unspecified atom stereocenters. The fourth-order valence-electron chi connectivity index (χ4n) is 7.75. The molecule has 49 heavy (non-hydrogen) atoms. The Kier molecular flexibility index (Phi) is 5.51. The van der Waals surface area contributed by atoms with Gasteiger partial charge in [-0.3, -0.25) is 4.57 Å². The summed E-state index contributed by atoms with van der Waals surface area (Å²) in [6, 6.07) is 56.4. The first kappa shape index (κ1) is 26.7. The predicted octanol–water partition coefficient (Wildman–Crippen LogP) is 11.9. The molecule has 5 heteroatoms. The Bertz CT molecular complexity index is 3100. The molecule has 0 aliphatic carbocycles. The van der Waals surface area contributed by atoms with Crippen molar-refractivity contribution in [2.24, 2.45) is 0 Å². The fourth-order valence-corrected chi connectivity index (χ4v) is 8.87.